The summed E-state index contributed by atoms with van der Waals surface area (Å²) in [5.41, 5.74) is 1.94. The Morgan fingerprint density at radius 3 is 2.86 bits per heavy atom. The summed E-state index contributed by atoms with van der Waals surface area (Å²) in [4.78, 5) is 23.4. The summed E-state index contributed by atoms with van der Waals surface area (Å²) in [7, 11) is 0. The van der Waals surface area contributed by atoms with Crippen LogP contribution < -0.4 is 4.90 Å². The molecule has 1 saturated heterocycles. The lowest BCUT2D eigenvalue weighted by molar-refractivity contribution is -0.384. The van der Waals surface area contributed by atoms with Crippen LogP contribution in [-0.2, 0) is 4.79 Å². The molecule has 1 aromatic carbocycles. The zero-order valence-electron chi connectivity index (χ0n) is 12.1. The van der Waals surface area contributed by atoms with E-state index < -0.39 is 10.9 Å². The standard InChI is InChI=1S/C15H20N2O4/c1-11-10-13(17(20)21)5-7-14(11)16-9-3-2-4-12(16)6-8-15(18)19/h5,7,10,12H,2-4,6,8-9H2,1H3,(H,18,19). The van der Waals surface area contributed by atoms with Gasteiger partial charge in [-0.25, -0.2) is 0 Å². The highest BCUT2D eigenvalue weighted by atomic mass is 16.6. The number of carboxylic acids is 1. The van der Waals surface area contributed by atoms with Crippen molar-refractivity contribution < 1.29 is 14.8 Å². The monoisotopic (exact) mass is 292 g/mol. The van der Waals surface area contributed by atoms with Crippen molar-refractivity contribution in [2.75, 3.05) is 11.4 Å². The molecule has 0 saturated carbocycles. The first kappa shape index (κ1) is 15.3. The molecule has 1 aliphatic heterocycles. The average Bonchev–Trinajstić information content (AvgIpc) is 2.45. The lowest BCUT2D eigenvalue weighted by Gasteiger charge is -2.38. The SMILES string of the molecule is Cc1cc([N+](=O)[O-])ccc1N1CCCCC1CCC(=O)O. The van der Waals surface area contributed by atoms with E-state index in [1.54, 1.807) is 12.1 Å². The van der Waals surface area contributed by atoms with E-state index in [1.807, 2.05) is 6.92 Å². The fraction of sp³-hybridized carbons (Fsp3) is 0.533. The summed E-state index contributed by atoms with van der Waals surface area (Å²) < 4.78 is 0. The number of carbonyl (C=O) groups is 1. The van der Waals surface area contributed by atoms with Crippen molar-refractivity contribution in [1.82, 2.24) is 0 Å². The summed E-state index contributed by atoms with van der Waals surface area (Å²) in [5.74, 6) is -0.777. The van der Waals surface area contributed by atoms with E-state index in [4.69, 9.17) is 5.11 Å². The Kier molecular flexibility index (Phi) is 4.77. The van der Waals surface area contributed by atoms with E-state index in [-0.39, 0.29) is 18.2 Å². The van der Waals surface area contributed by atoms with Crippen molar-refractivity contribution in [2.45, 2.75) is 45.1 Å². The molecule has 1 unspecified atom stereocenters. The minimum atomic E-state index is -0.777. The van der Waals surface area contributed by atoms with Gasteiger partial charge >= 0.3 is 5.97 Å². The highest BCUT2D eigenvalue weighted by Gasteiger charge is 2.25. The van der Waals surface area contributed by atoms with Crippen LogP contribution in [0, 0.1) is 17.0 Å². The molecule has 2 rings (SSSR count). The Bertz CT molecular complexity index is 544. The number of carboxylic acid groups (broad SMARTS) is 1. The van der Waals surface area contributed by atoms with Gasteiger partial charge in [0, 0.05) is 36.8 Å². The van der Waals surface area contributed by atoms with Gasteiger partial charge in [0.05, 0.1) is 4.92 Å². The zero-order chi connectivity index (χ0) is 15.4. The molecule has 0 radical (unpaired) electrons. The van der Waals surface area contributed by atoms with Crippen LogP contribution in [0.2, 0.25) is 0 Å². The maximum Gasteiger partial charge on any atom is 0.303 e. The summed E-state index contributed by atoms with van der Waals surface area (Å²) in [6.45, 7) is 2.74. The number of nitrogens with zero attached hydrogens (tertiary/aromatic N) is 2. The second kappa shape index (κ2) is 6.56. The number of rotatable bonds is 5. The molecule has 114 valence electrons. The van der Waals surface area contributed by atoms with E-state index in [0.717, 1.165) is 37.1 Å². The highest BCUT2D eigenvalue weighted by Crippen LogP contribution is 2.31. The Morgan fingerprint density at radius 1 is 1.48 bits per heavy atom. The zero-order valence-corrected chi connectivity index (χ0v) is 12.1. The molecular weight excluding hydrogens is 272 g/mol. The van der Waals surface area contributed by atoms with Gasteiger partial charge in [0.2, 0.25) is 0 Å². The number of anilines is 1. The van der Waals surface area contributed by atoms with Crippen molar-refractivity contribution in [1.29, 1.82) is 0 Å². The van der Waals surface area contributed by atoms with Crippen molar-refractivity contribution in [3.8, 4) is 0 Å². The Morgan fingerprint density at radius 2 is 2.24 bits per heavy atom. The molecule has 1 heterocycles. The number of nitro benzene ring substituents is 1. The topological polar surface area (TPSA) is 83.7 Å². The number of nitro groups is 1. The maximum absolute atomic E-state index is 10.8. The van der Waals surface area contributed by atoms with Gasteiger partial charge in [0.25, 0.3) is 5.69 Å². The molecule has 1 N–H and O–H groups in total. The van der Waals surface area contributed by atoms with Crippen molar-refractivity contribution in [3.63, 3.8) is 0 Å². The normalized spacial score (nSPS) is 18.5. The van der Waals surface area contributed by atoms with E-state index in [9.17, 15) is 14.9 Å². The third-order valence-electron chi connectivity index (χ3n) is 4.02. The predicted octanol–water partition coefficient (Wildman–Crippen LogP) is 3.13. The first-order valence-electron chi connectivity index (χ1n) is 7.22. The molecule has 1 fully saturated rings. The van der Waals surface area contributed by atoms with Gasteiger partial charge in [0.1, 0.15) is 0 Å². The number of aryl methyl sites for hydroxylation is 1. The lowest BCUT2D eigenvalue weighted by atomic mass is 9.96. The van der Waals surface area contributed by atoms with Gasteiger partial charge in [0.15, 0.2) is 0 Å². The minimum Gasteiger partial charge on any atom is -0.481 e. The first-order valence-corrected chi connectivity index (χ1v) is 7.22. The molecule has 1 aromatic rings. The van der Waals surface area contributed by atoms with Crippen LogP contribution in [0.1, 0.15) is 37.7 Å². The third-order valence-corrected chi connectivity index (χ3v) is 4.02. The van der Waals surface area contributed by atoms with E-state index >= 15 is 0 Å². The Labute approximate surface area is 123 Å². The van der Waals surface area contributed by atoms with E-state index in [0.29, 0.717) is 6.42 Å². The molecule has 21 heavy (non-hydrogen) atoms. The third kappa shape index (κ3) is 3.71. The van der Waals surface area contributed by atoms with Crippen molar-refractivity contribution in [2.24, 2.45) is 0 Å². The predicted molar refractivity (Wildman–Crippen MR) is 79.7 cm³/mol. The molecule has 0 amide bonds. The molecule has 1 atom stereocenters. The van der Waals surface area contributed by atoms with Crippen LogP contribution in [0.15, 0.2) is 18.2 Å². The molecule has 0 bridgehead atoms. The molecule has 0 spiro atoms. The second-order valence-electron chi connectivity index (χ2n) is 5.50. The highest BCUT2D eigenvalue weighted by molar-refractivity contribution is 5.67. The number of benzene rings is 1. The van der Waals surface area contributed by atoms with Crippen LogP contribution >= 0.6 is 0 Å². The number of hydrogen-bond acceptors (Lipinski definition) is 4. The van der Waals surface area contributed by atoms with E-state index in [2.05, 4.69) is 4.90 Å². The molecule has 6 heteroatoms. The Hall–Kier alpha value is -2.11. The number of non-ortho nitro benzene ring substituents is 1. The van der Waals surface area contributed by atoms with Gasteiger partial charge in [-0.05, 0) is 44.2 Å². The lowest BCUT2D eigenvalue weighted by Crippen LogP contribution is -2.40. The second-order valence-corrected chi connectivity index (χ2v) is 5.50. The van der Waals surface area contributed by atoms with Gasteiger partial charge < -0.3 is 10.0 Å². The number of aliphatic carboxylic acids is 1. The van der Waals surface area contributed by atoms with Crippen molar-refractivity contribution >= 4 is 17.3 Å². The van der Waals surface area contributed by atoms with Gasteiger partial charge in [-0.15, -0.1) is 0 Å². The quantitative estimate of drug-likeness (QED) is 0.666. The average molecular weight is 292 g/mol. The molecule has 0 aliphatic carbocycles. The molecule has 6 nitrogen and oxygen atoms in total. The minimum absolute atomic E-state index is 0.0929. The van der Waals surface area contributed by atoms with Crippen LogP contribution in [0.4, 0.5) is 11.4 Å². The van der Waals surface area contributed by atoms with Gasteiger partial charge in [-0.3, -0.25) is 14.9 Å². The van der Waals surface area contributed by atoms with Crippen molar-refractivity contribution in [3.05, 3.63) is 33.9 Å². The number of hydrogen-bond donors (Lipinski definition) is 1. The maximum atomic E-state index is 10.8. The summed E-state index contributed by atoms with van der Waals surface area (Å²) in [5, 5.41) is 19.7. The molecule has 0 aromatic heterocycles. The summed E-state index contributed by atoms with van der Waals surface area (Å²) >= 11 is 0. The fourth-order valence-corrected chi connectivity index (χ4v) is 2.98. The number of piperidine rings is 1. The van der Waals surface area contributed by atoms with Crippen LogP contribution in [0.5, 0.6) is 0 Å². The Balaban J connectivity index is 2.20. The molecular formula is C15H20N2O4. The van der Waals surface area contributed by atoms with Crippen LogP contribution in [0.25, 0.3) is 0 Å². The van der Waals surface area contributed by atoms with Crippen LogP contribution in [-0.4, -0.2) is 28.6 Å². The molecule has 1 aliphatic rings. The first-order chi connectivity index (χ1) is 9.99. The largest absolute Gasteiger partial charge is 0.481 e. The summed E-state index contributed by atoms with van der Waals surface area (Å²) in [6.07, 6.45) is 3.93. The van der Waals surface area contributed by atoms with Gasteiger partial charge in [-0.2, -0.15) is 0 Å². The summed E-state index contributed by atoms with van der Waals surface area (Å²) in [6, 6.07) is 5.09. The smallest absolute Gasteiger partial charge is 0.303 e. The van der Waals surface area contributed by atoms with Crippen LogP contribution in [0.3, 0.4) is 0 Å². The fourth-order valence-electron chi connectivity index (χ4n) is 2.98. The van der Waals surface area contributed by atoms with E-state index in [1.165, 1.54) is 6.07 Å². The van der Waals surface area contributed by atoms with Gasteiger partial charge in [-0.1, -0.05) is 0 Å².